The van der Waals surface area contributed by atoms with Crippen LogP contribution in [0.4, 0.5) is 0 Å². The number of ketones is 1. The first-order valence-electron chi connectivity index (χ1n) is 9.88. The highest BCUT2D eigenvalue weighted by Gasteiger charge is 2.09. The van der Waals surface area contributed by atoms with Crippen LogP contribution in [0, 0.1) is 0 Å². The van der Waals surface area contributed by atoms with Crippen molar-refractivity contribution in [2.45, 2.75) is 20.0 Å². The van der Waals surface area contributed by atoms with Crippen molar-refractivity contribution in [2.75, 3.05) is 14.2 Å². The Labute approximate surface area is 177 Å². The van der Waals surface area contributed by atoms with Crippen molar-refractivity contribution in [3.63, 3.8) is 0 Å². The van der Waals surface area contributed by atoms with Crippen LogP contribution >= 0.6 is 0 Å². The fourth-order valence-corrected chi connectivity index (χ4v) is 3.11. The van der Waals surface area contributed by atoms with E-state index in [1.807, 2.05) is 42.5 Å². The molecule has 3 rings (SSSR count). The second-order valence-electron chi connectivity index (χ2n) is 6.76. The largest absolute Gasteiger partial charge is 0.496 e. The van der Waals surface area contributed by atoms with Crippen molar-refractivity contribution in [3.05, 3.63) is 95.1 Å². The van der Waals surface area contributed by atoms with Crippen molar-refractivity contribution < 1.29 is 19.0 Å². The highest BCUT2D eigenvalue weighted by Crippen LogP contribution is 2.24. The molecule has 0 aliphatic rings. The lowest BCUT2D eigenvalue weighted by Gasteiger charge is -2.11. The van der Waals surface area contributed by atoms with Gasteiger partial charge in [-0.25, -0.2) is 0 Å². The maximum absolute atomic E-state index is 12.6. The van der Waals surface area contributed by atoms with E-state index in [-0.39, 0.29) is 5.78 Å². The van der Waals surface area contributed by atoms with E-state index in [0.29, 0.717) is 17.9 Å². The SMILES string of the molecule is CCc1ccc(OCc2cc(/C=C/C(=O)c3ccccc3OC)ccc2OC)cc1. The molecule has 0 N–H and O–H groups in total. The minimum Gasteiger partial charge on any atom is -0.496 e. The molecule has 0 bridgehead atoms. The van der Waals surface area contributed by atoms with Crippen molar-refractivity contribution in [1.29, 1.82) is 0 Å². The molecule has 3 aromatic carbocycles. The number of carbonyl (C=O) groups is 1. The van der Waals surface area contributed by atoms with E-state index < -0.39 is 0 Å². The highest BCUT2D eigenvalue weighted by atomic mass is 16.5. The van der Waals surface area contributed by atoms with Gasteiger partial charge in [0.2, 0.25) is 0 Å². The van der Waals surface area contributed by atoms with Gasteiger partial charge in [-0.2, -0.15) is 0 Å². The maximum Gasteiger partial charge on any atom is 0.189 e. The van der Waals surface area contributed by atoms with E-state index in [1.54, 1.807) is 38.5 Å². The lowest BCUT2D eigenvalue weighted by molar-refractivity contribution is 0.104. The summed E-state index contributed by atoms with van der Waals surface area (Å²) in [5.74, 6) is 2.00. The third kappa shape index (κ3) is 5.29. The predicted molar refractivity (Wildman–Crippen MR) is 120 cm³/mol. The fraction of sp³-hybridized carbons (Fsp3) is 0.192. The molecule has 0 fully saturated rings. The Balaban J connectivity index is 1.74. The van der Waals surface area contributed by atoms with Gasteiger partial charge in [0.25, 0.3) is 0 Å². The quantitative estimate of drug-likeness (QED) is 0.338. The Morgan fingerprint density at radius 3 is 2.33 bits per heavy atom. The summed E-state index contributed by atoms with van der Waals surface area (Å²) in [4.78, 5) is 12.6. The standard InChI is InChI=1S/C26H26O4/c1-4-19-9-13-22(14-10-19)30-18-21-17-20(12-16-25(21)28-2)11-15-24(27)23-7-5-6-8-26(23)29-3/h5-17H,4,18H2,1-3H3/b15-11+. The minimum absolute atomic E-state index is 0.114. The zero-order valence-electron chi connectivity index (χ0n) is 17.6. The van der Waals surface area contributed by atoms with Crippen LogP contribution in [0.3, 0.4) is 0 Å². The molecule has 4 heteroatoms. The molecule has 0 amide bonds. The van der Waals surface area contributed by atoms with Crippen LogP contribution in [0.5, 0.6) is 17.2 Å². The number of allylic oxidation sites excluding steroid dienone is 1. The van der Waals surface area contributed by atoms with Crippen LogP contribution in [0.15, 0.2) is 72.8 Å². The summed E-state index contributed by atoms with van der Waals surface area (Å²) in [6.07, 6.45) is 4.33. The third-order valence-corrected chi connectivity index (χ3v) is 4.83. The summed E-state index contributed by atoms with van der Waals surface area (Å²) in [6.45, 7) is 2.50. The highest BCUT2D eigenvalue weighted by molar-refractivity contribution is 6.08. The Morgan fingerprint density at radius 1 is 0.900 bits per heavy atom. The van der Waals surface area contributed by atoms with E-state index in [1.165, 1.54) is 5.56 Å². The van der Waals surface area contributed by atoms with Crippen LogP contribution in [0.25, 0.3) is 6.08 Å². The van der Waals surface area contributed by atoms with Gasteiger partial charge in [0.15, 0.2) is 5.78 Å². The minimum atomic E-state index is -0.114. The first-order chi connectivity index (χ1) is 14.6. The second kappa shape index (κ2) is 10.3. The maximum atomic E-state index is 12.6. The van der Waals surface area contributed by atoms with Gasteiger partial charge < -0.3 is 14.2 Å². The van der Waals surface area contributed by atoms with Crippen LogP contribution in [0.2, 0.25) is 0 Å². The lowest BCUT2D eigenvalue weighted by Crippen LogP contribution is -2.00. The van der Waals surface area contributed by atoms with Crippen LogP contribution in [0.1, 0.15) is 34.0 Å². The molecule has 0 heterocycles. The van der Waals surface area contributed by atoms with Gasteiger partial charge in [-0.05, 0) is 60.0 Å². The van der Waals surface area contributed by atoms with Gasteiger partial charge in [0.1, 0.15) is 23.9 Å². The summed E-state index contributed by atoms with van der Waals surface area (Å²) in [5, 5.41) is 0. The van der Waals surface area contributed by atoms with E-state index >= 15 is 0 Å². The van der Waals surface area contributed by atoms with Crippen molar-refractivity contribution >= 4 is 11.9 Å². The molecule has 0 atom stereocenters. The lowest BCUT2D eigenvalue weighted by atomic mass is 10.1. The number of hydrogen-bond acceptors (Lipinski definition) is 4. The van der Waals surface area contributed by atoms with Gasteiger partial charge in [-0.1, -0.05) is 43.3 Å². The van der Waals surface area contributed by atoms with E-state index in [0.717, 1.165) is 29.0 Å². The van der Waals surface area contributed by atoms with Gasteiger partial charge in [-0.3, -0.25) is 4.79 Å². The zero-order valence-corrected chi connectivity index (χ0v) is 17.6. The molecule has 154 valence electrons. The van der Waals surface area contributed by atoms with Gasteiger partial charge in [0, 0.05) is 5.56 Å². The fourth-order valence-electron chi connectivity index (χ4n) is 3.11. The van der Waals surface area contributed by atoms with E-state index in [2.05, 4.69) is 19.1 Å². The summed E-state index contributed by atoms with van der Waals surface area (Å²) < 4.78 is 16.7. The average Bonchev–Trinajstić information content (AvgIpc) is 2.81. The van der Waals surface area contributed by atoms with Gasteiger partial charge >= 0.3 is 0 Å². The van der Waals surface area contributed by atoms with E-state index in [4.69, 9.17) is 14.2 Å². The molecule has 0 aliphatic carbocycles. The molecule has 0 saturated carbocycles. The average molecular weight is 402 g/mol. The van der Waals surface area contributed by atoms with Crippen LogP contribution in [-0.2, 0) is 13.0 Å². The Morgan fingerprint density at radius 2 is 1.63 bits per heavy atom. The van der Waals surface area contributed by atoms with Gasteiger partial charge in [0.05, 0.1) is 19.8 Å². The Hall–Kier alpha value is -3.53. The molecule has 0 radical (unpaired) electrons. The molecule has 0 spiro atoms. The Kier molecular flexibility index (Phi) is 7.28. The van der Waals surface area contributed by atoms with Crippen molar-refractivity contribution in [1.82, 2.24) is 0 Å². The molecule has 0 unspecified atom stereocenters. The number of benzene rings is 3. The molecule has 0 aromatic heterocycles. The second-order valence-corrected chi connectivity index (χ2v) is 6.76. The smallest absolute Gasteiger partial charge is 0.189 e. The Bertz CT molecular complexity index is 1020. The molecule has 4 nitrogen and oxygen atoms in total. The summed E-state index contributed by atoms with van der Waals surface area (Å²) in [6, 6.07) is 21.0. The van der Waals surface area contributed by atoms with Gasteiger partial charge in [-0.15, -0.1) is 0 Å². The van der Waals surface area contributed by atoms with Crippen molar-refractivity contribution in [3.8, 4) is 17.2 Å². The number of rotatable bonds is 9. The molecule has 0 aliphatic heterocycles. The van der Waals surface area contributed by atoms with E-state index in [9.17, 15) is 4.79 Å². The number of hydrogen-bond donors (Lipinski definition) is 0. The monoisotopic (exact) mass is 402 g/mol. The third-order valence-electron chi connectivity index (χ3n) is 4.83. The molecule has 3 aromatic rings. The topological polar surface area (TPSA) is 44.8 Å². The first kappa shape index (κ1) is 21.2. The van der Waals surface area contributed by atoms with Crippen LogP contribution < -0.4 is 14.2 Å². The summed E-state index contributed by atoms with van der Waals surface area (Å²) in [7, 11) is 3.19. The molecular formula is C26H26O4. The number of ether oxygens (including phenoxy) is 3. The van der Waals surface area contributed by atoms with Crippen molar-refractivity contribution in [2.24, 2.45) is 0 Å². The summed E-state index contributed by atoms with van der Waals surface area (Å²) in [5.41, 5.74) is 3.60. The molecule has 0 saturated heterocycles. The first-order valence-corrected chi connectivity index (χ1v) is 9.88. The molecular weight excluding hydrogens is 376 g/mol. The number of para-hydroxylation sites is 1. The number of carbonyl (C=O) groups excluding carboxylic acids is 1. The zero-order chi connectivity index (χ0) is 21.3. The summed E-state index contributed by atoms with van der Waals surface area (Å²) >= 11 is 0. The normalized spacial score (nSPS) is 10.8. The van der Waals surface area contributed by atoms with Crippen LogP contribution in [-0.4, -0.2) is 20.0 Å². The predicted octanol–water partition coefficient (Wildman–Crippen LogP) is 5.74. The number of methoxy groups -OCH3 is 2. The molecule has 30 heavy (non-hydrogen) atoms. The number of aryl methyl sites for hydroxylation is 1.